The van der Waals surface area contributed by atoms with E-state index in [9.17, 15) is 9.59 Å². The molecule has 0 aromatic carbocycles. The van der Waals surface area contributed by atoms with Crippen LogP contribution in [0.4, 0.5) is 4.79 Å². The van der Waals surface area contributed by atoms with E-state index in [0.717, 1.165) is 44.5 Å². The van der Waals surface area contributed by atoms with Gasteiger partial charge in [0.1, 0.15) is 0 Å². The second-order valence-electron chi connectivity index (χ2n) is 10.2. The van der Waals surface area contributed by atoms with Crippen LogP contribution < -0.4 is 5.32 Å². The van der Waals surface area contributed by atoms with E-state index in [1.807, 2.05) is 17.2 Å². The number of hydrogen-bond donors (Lipinski definition) is 1. The lowest BCUT2D eigenvalue weighted by Gasteiger charge is -2.40. The van der Waals surface area contributed by atoms with E-state index >= 15 is 0 Å². The Labute approximate surface area is 173 Å². The molecule has 4 aliphatic rings. The lowest BCUT2D eigenvalue weighted by Crippen LogP contribution is -2.43. The Morgan fingerprint density at radius 2 is 1.90 bits per heavy atom. The van der Waals surface area contributed by atoms with Gasteiger partial charge in [-0.15, -0.1) is 0 Å². The van der Waals surface area contributed by atoms with Crippen molar-refractivity contribution in [2.75, 3.05) is 19.6 Å². The monoisotopic (exact) mass is 396 g/mol. The number of nitrogens with one attached hydrogen (secondary N) is 1. The van der Waals surface area contributed by atoms with Crippen LogP contribution in [-0.2, 0) is 17.9 Å². The van der Waals surface area contributed by atoms with Gasteiger partial charge in [-0.3, -0.25) is 9.78 Å². The predicted octanol–water partition coefficient (Wildman–Crippen LogP) is 3.32. The zero-order chi connectivity index (χ0) is 20.1. The van der Waals surface area contributed by atoms with Crippen molar-refractivity contribution >= 4 is 11.9 Å². The van der Waals surface area contributed by atoms with Crippen molar-refractivity contribution in [2.24, 2.45) is 16.7 Å². The molecule has 1 saturated heterocycles. The van der Waals surface area contributed by atoms with Crippen LogP contribution in [0.5, 0.6) is 0 Å². The summed E-state index contributed by atoms with van der Waals surface area (Å²) in [6, 6.07) is 2.03. The van der Waals surface area contributed by atoms with Gasteiger partial charge in [0.25, 0.3) is 0 Å². The molecule has 0 radical (unpaired) electrons. The third-order valence-corrected chi connectivity index (χ3v) is 8.12. The summed E-state index contributed by atoms with van der Waals surface area (Å²) in [5.41, 5.74) is 2.98. The summed E-state index contributed by atoms with van der Waals surface area (Å²) < 4.78 is 0. The smallest absolute Gasteiger partial charge is 0.318 e. The quantitative estimate of drug-likeness (QED) is 0.849. The molecular weight excluding hydrogens is 364 g/mol. The first-order valence-corrected chi connectivity index (χ1v) is 11.2. The van der Waals surface area contributed by atoms with E-state index in [4.69, 9.17) is 0 Å². The molecule has 6 nitrogen and oxygen atoms in total. The first-order chi connectivity index (χ1) is 14.0. The molecule has 1 aromatic heterocycles. The molecule has 3 amide bonds. The highest BCUT2D eigenvalue weighted by Gasteiger charge is 2.55. The highest BCUT2D eigenvalue weighted by atomic mass is 16.2. The Morgan fingerprint density at radius 1 is 1.14 bits per heavy atom. The Morgan fingerprint density at radius 3 is 2.59 bits per heavy atom. The lowest BCUT2D eigenvalue weighted by molar-refractivity contribution is -0.136. The highest BCUT2D eigenvalue weighted by Crippen LogP contribution is 2.59. The van der Waals surface area contributed by atoms with Gasteiger partial charge in [-0.2, -0.15) is 0 Å². The maximum Gasteiger partial charge on any atom is 0.318 e. The first kappa shape index (κ1) is 18.9. The van der Waals surface area contributed by atoms with E-state index in [1.165, 1.54) is 31.2 Å². The minimum Gasteiger partial charge on any atom is -0.343 e. The van der Waals surface area contributed by atoms with E-state index in [2.05, 4.69) is 22.1 Å². The fraction of sp³-hybridized carbons (Fsp3) is 0.696. The zero-order valence-electron chi connectivity index (χ0n) is 17.5. The molecule has 3 fully saturated rings. The Kier molecular flexibility index (Phi) is 4.56. The molecule has 1 unspecified atom stereocenters. The van der Waals surface area contributed by atoms with Crippen molar-refractivity contribution in [3.63, 3.8) is 0 Å². The van der Waals surface area contributed by atoms with Crippen molar-refractivity contribution in [1.29, 1.82) is 0 Å². The van der Waals surface area contributed by atoms with Gasteiger partial charge in [0, 0.05) is 51.5 Å². The maximum absolute atomic E-state index is 12.6. The summed E-state index contributed by atoms with van der Waals surface area (Å²) in [7, 11) is 0. The highest BCUT2D eigenvalue weighted by molar-refractivity contribution is 5.77. The molecule has 5 rings (SSSR count). The van der Waals surface area contributed by atoms with E-state index in [0.29, 0.717) is 30.3 Å². The molecule has 29 heavy (non-hydrogen) atoms. The number of nitrogens with zero attached hydrogens (tertiary/aromatic N) is 3. The number of amides is 3. The van der Waals surface area contributed by atoms with Crippen LogP contribution in [0.25, 0.3) is 0 Å². The second kappa shape index (κ2) is 6.99. The van der Waals surface area contributed by atoms with Gasteiger partial charge in [0.05, 0.1) is 0 Å². The third-order valence-electron chi connectivity index (χ3n) is 8.12. The van der Waals surface area contributed by atoms with Crippen LogP contribution in [0.3, 0.4) is 0 Å². The number of piperidine rings is 1. The number of carbonyl (C=O) groups excluding carboxylic acids is 2. The number of carbonyl (C=O) groups is 2. The van der Waals surface area contributed by atoms with Crippen molar-refractivity contribution in [3.8, 4) is 0 Å². The molecule has 2 aliphatic carbocycles. The van der Waals surface area contributed by atoms with E-state index in [1.54, 1.807) is 6.20 Å². The van der Waals surface area contributed by atoms with Gasteiger partial charge in [0.15, 0.2) is 0 Å². The van der Waals surface area contributed by atoms with Crippen LogP contribution in [0, 0.1) is 16.7 Å². The standard InChI is InChI=1S/C23H32N4O2/c1-22(4-2-5-22)12-20(28)26-9-6-23(7-10-26)11-19(23)14-25-21(29)27-15-17-3-8-24-13-18(17)16-27/h3,8,13,19H,2,4-7,9-12,14-16H2,1H3,(H,25,29). The number of hydrogen-bond acceptors (Lipinski definition) is 3. The molecule has 2 aliphatic heterocycles. The van der Waals surface area contributed by atoms with Gasteiger partial charge in [0.2, 0.25) is 5.91 Å². The average Bonchev–Trinajstić information content (AvgIpc) is 3.17. The van der Waals surface area contributed by atoms with Gasteiger partial charge >= 0.3 is 6.03 Å². The van der Waals surface area contributed by atoms with Crippen molar-refractivity contribution in [1.82, 2.24) is 20.1 Å². The Hall–Kier alpha value is -2.11. The van der Waals surface area contributed by atoms with Crippen molar-refractivity contribution in [3.05, 3.63) is 29.6 Å². The summed E-state index contributed by atoms with van der Waals surface area (Å²) in [4.78, 5) is 33.3. The molecular formula is C23H32N4O2. The number of pyridine rings is 1. The van der Waals surface area contributed by atoms with Gasteiger partial charge in [-0.05, 0) is 66.0 Å². The summed E-state index contributed by atoms with van der Waals surface area (Å²) >= 11 is 0. The Bertz CT molecular complexity index is 786. The zero-order valence-corrected chi connectivity index (χ0v) is 17.5. The maximum atomic E-state index is 12.6. The summed E-state index contributed by atoms with van der Waals surface area (Å²) in [5.74, 6) is 0.926. The summed E-state index contributed by atoms with van der Waals surface area (Å²) in [6.07, 6.45) is 11.4. The SMILES string of the molecule is CC1(CC(=O)N2CCC3(CC2)CC3CNC(=O)N2Cc3ccncc3C2)CCC1. The van der Waals surface area contributed by atoms with E-state index < -0.39 is 0 Å². The first-order valence-electron chi connectivity index (χ1n) is 11.2. The lowest BCUT2D eigenvalue weighted by atomic mass is 9.68. The van der Waals surface area contributed by atoms with E-state index in [-0.39, 0.29) is 11.4 Å². The summed E-state index contributed by atoms with van der Waals surface area (Å²) in [5, 5.41) is 3.16. The van der Waals surface area contributed by atoms with Gasteiger partial charge in [-0.25, -0.2) is 4.79 Å². The number of likely N-dealkylation sites (tertiary alicyclic amines) is 1. The molecule has 156 valence electrons. The minimum atomic E-state index is 0.0320. The molecule has 3 heterocycles. The largest absolute Gasteiger partial charge is 0.343 e. The molecule has 2 saturated carbocycles. The number of aromatic nitrogens is 1. The minimum absolute atomic E-state index is 0.0320. The second-order valence-corrected chi connectivity index (χ2v) is 10.2. The number of rotatable bonds is 4. The average molecular weight is 397 g/mol. The molecule has 1 aromatic rings. The predicted molar refractivity (Wildman–Crippen MR) is 110 cm³/mol. The van der Waals surface area contributed by atoms with Crippen LogP contribution in [0.2, 0.25) is 0 Å². The van der Waals surface area contributed by atoms with Crippen LogP contribution in [0.15, 0.2) is 18.5 Å². The summed E-state index contributed by atoms with van der Waals surface area (Å²) in [6.45, 7) is 6.14. The van der Waals surface area contributed by atoms with Crippen LogP contribution in [-0.4, -0.2) is 46.4 Å². The molecule has 1 N–H and O–H groups in total. The fourth-order valence-corrected chi connectivity index (χ4v) is 5.65. The van der Waals surface area contributed by atoms with Crippen molar-refractivity contribution in [2.45, 2.75) is 65.0 Å². The fourth-order valence-electron chi connectivity index (χ4n) is 5.65. The van der Waals surface area contributed by atoms with Crippen LogP contribution >= 0.6 is 0 Å². The number of urea groups is 1. The molecule has 6 heteroatoms. The van der Waals surface area contributed by atoms with Gasteiger partial charge in [-0.1, -0.05) is 13.3 Å². The topological polar surface area (TPSA) is 65.5 Å². The molecule has 0 bridgehead atoms. The Balaban J connectivity index is 1.06. The number of fused-ring (bicyclic) bond motifs is 1. The normalized spacial score (nSPS) is 26.0. The molecule has 1 spiro atoms. The third kappa shape index (κ3) is 3.62. The van der Waals surface area contributed by atoms with Crippen molar-refractivity contribution < 1.29 is 9.59 Å². The molecule has 1 atom stereocenters. The van der Waals surface area contributed by atoms with Crippen LogP contribution in [0.1, 0.15) is 63.0 Å². The van der Waals surface area contributed by atoms with Gasteiger partial charge < -0.3 is 15.1 Å².